The highest BCUT2D eigenvalue weighted by Crippen LogP contribution is 2.33. The molecule has 1 aromatic carbocycles. The number of halogens is 3. The van der Waals surface area contributed by atoms with Gasteiger partial charge in [0.1, 0.15) is 0 Å². The first-order valence-electron chi connectivity index (χ1n) is 7.76. The van der Waals surface area contributed by atoms with Crippen molar-refractivity contribution in [3.63, 3.8) is 0 Å². The van der Waals surface area contributed by atoms with Gasteiger partial charge in [-0.1, -0.05) is 6.07 Å². The molecule has 5 nitrogen and oxygen atoms in total. The molecule has 2 atom stereocenters. The van der Waals surface area contributed by atoms with Gasteiger partial charge in [-0.15, -0.1) is 24.0 Å². The lowest BCUT2D eigenvalue weighted by molar-refractivity contribution is 0.172. The summed E-state index contributed by atoms with van der Waals surface area (Å²) >= 11 is 0. The van der Waals surface area contributed by atoms with Crippen LogP contribution in [0.5, 0.6) is 0 Å². The molecular formula is C17H17F2IN4O. The summed E-state index contributed by atoms with van der Waals surface area (Å²) in [6, 6.07) is 5.55. The highest BCUT2D eigenvalue weighted by atomic mass is 127. The van der Waals surface area contributed by atoms with E-state index in [0.717, 1.165) is 11.8 Å². The number of β-amino-alcohol motifs (C(OH)–C–C–N with tert-alkyl or cyclic N) is 1. The van der Waals surface area contributed by atoms with Gasteiger partial charge in [-0.05, 0) is 30.2 Å². The molecule has 3 aromatic rings. The van der Waals surface area contributed by atoms with E-state index in [0.29, 0.717) is 30.9 Å². The SMILES string of the molecule is I.OC1CC(c2ccc(F)c(F)c2)N(Cc2cn3cccnc3n2)C1. The Hall–Kier alpha value is -1.65. The van der Waals surface area contributed by atoms with E-state index in [1.807, 2.05) is 27.8 Å². The number of imidazole rings is 1. The summed E-state index contributed by atoms with van der Waals surface area (Å²) in [5.74, 6) is -1.13. The van der Waals surface area contributed by atoms with E-state index in [-0.39, 0.29) is 30.0 Å². The lowest BCUT2D eigenvalue weighted by atomic mass is 10.0. The normalized spacial score (nSPS) is 20.8. The van der Waals surface area contributed by atoms with Crippen LogP contribution in [0.25, 0.3) is 5.78 Å². The van der Waals surface area contributed by atoms with E-state index < -0.39 is 17.7 Å². The molecule has 4 rings (SSSR count). The van der Waals surface area contributed by atoms with Gasteiger partial charge in [-0.2, -0.15) is 0 Å². The number of hydrogen-bond acceptors (Lipinski definition) is 4. The predicted molar refractivity (Wildman–Crippen MR) is 98.5 cm³/mol. The van der Waals surface area contributed by atoms with Crippen molar-refractivity contribution in [1.29, 1.82) is 0 Å². The van der Waals surface area contributed by atoms with Crippen LogP contribution in [0.4, 0.5) is 8.78 Å². The van der Waals surface area contributed by atoms with Crippen molar-refractivity contribution < 1.29 is 13.9 Å². The van der Waals surface area contributed by atoms with Gasteiger partial charge in [-0.3, -0.25) is 9.30 Å². The zero-order valence-corrected chi connectivity index (χ0v) is 15.5. The average Bonchev–Trinajstić information content (AvgIpc) is 3.13. The molecule has 1 aliphatic heterocycles. The van der Waals surface area contributed by atoms with Crippen molar-refractivity contribution >= 4 is 29.8 Å². The topological polar surface area (TPSA) is 53.7 Å². The molecule has 1 saturated heterocycles. The standard InChI is InChI=1S/C17H16F2N4O.HI/c18-14-3-2-11(6-15(14)19)16-7-13(24)10-23(16)9-12-8-22-5-1-4-20-17(22)21-12;/h1-6,8,13,16,24H,7,9-10H2;1H. The van der Waals surface area contributed by atoms with Crippen LogP contribution in [0.1, 0.15) is 23.7 Å². The maximum Gasteiger partial charge on any atom is 0.233 e. The van der Waals surface area contributed by atoms with Gasteiger partial charge in [0.15, 0.2) is 11.6 Å². The van der Waals surface area contributed by atoms with Crippen molar-refractivity contribution in [3.8, 4) is 0 Å². The van der Waals surface area contributed by atoms with Gasteiger partial charge in [0.2, 0.25) is 5.78 Å². The molecule has 0 saturated carbocycles. The molecule has 0 radical (unpaired) electrons. The molecule has 8 heteroatoms. The van der Waals surface area contributed by atoms with Gasteiger partial charge in [0.25, 0.3) is 0 Å². The minimum absolute atomic E-state index is 0. The number of fused-ring (bicyclic) bond motifs is 1. The monoisotopic (exact) mass is 458 g/mol. The lowest BCUT2D eigenvalue weighted by Gasteiger charge is -2.23. The third kappa shape index (κ3) is 3.65. The Morgan fingerprint density at radius 3 is 2.84 bits per heavy atom. The first kappa shape index (κ1) is 18.2. The molecule has 2 aromatic heterocycles. The van der Waals surface area contributed by atoms with Crippen molar-refractivity contribution in [3.05, 3.63) is 65.7 Å². The van der Waals surface area contributed by atoms with Gasteiger partial charge >= 0.3 is 0 Å². The minimum Gasteiger partial charge on any atom is -0.392 e. The second kappa shape index (κ2) is 7.30. The van der Waals surface area contributed by atoms with Crippen molar-refractivity contribution in [1.82, 2.24) is 19.3 Å². The Labute approximate surface area is 160 Å². The van der Waals surface area contributed by atoms with Crippen LogP contribution in [0, 0.1) is 11.6 Å². The Morgan fingerprint density at radius 1 is 1.24 bits per heavy atom. The van der Waals surface area contributed by atoms with Gasteiger partial charge in [0.05, 0.1) is 11.8 Å². The summed E-state index contributed by atoms with van der Waals surface area (Å²) in [4.78, 5) is 10.7. The second-order valence-electron chi connectivity index (χ2n) is 6.07. The van der Waals surface area contributed by atoms with Crippen molar-refractivity contribution in [2.24, 2.45) is 0 Å². The second-order valence-corrected chi connectivity index (χ2v) is 6.07. The Bertz CT molecular complexity index is 855. The summed E-state index contributed by atoms with van der Waals surface area (Å²) in [5, 5.41) is 10.0. The number of rotatable bonds is 3. The number of aromatic nitrogens is 3. The highest BCUT2D eigenvalue weighted by molar-refractivity contribution is 14.0. The van der Waals surface area contributed by atoms with Crippen LogP contribution in [0.3, 0.4) is 0 Å². The van der Waals surface area contributed by atoms with Crippen molar-refractivity contribution in [2.75, 3.05) is 6.54 Å². The molecule has 0 amide bonds. The van der Waals surface area contributed by atoms with Crippen LogP contribution >= 0.6 is 24.0 Å². The first-order chi connectivity index (χ1) is 11.6. The van der Waals surface area contributed by atoms with Gasteiger partial charge < -0.3 is 5.11 Å². The van der Waals surface area contributed by atoms with Crippen LogP contribution < -0.4 is 0 Å². The maximum absolute atomic E-state index is 13.5. The fraction of sp³-hybridized carbons (Fsp3) is 0.294. The summed E-state index contributed by atoms with van der Waals surface area (Å²) in [6.45, 7) is 0.967. The van der Waals surface area contributed by atoms with Crippen LogP contribution in [0.15, 0.2) is 42.9 Å². The fourth-order valence-corrected chi connectivity index (χ4v) is 3.28. The number of hydrogen-bond donors (Lipinski definition) is 1. The summed E-state index contributed by atoms with van der Waals surface area (Å²) in [5.41, 5.74) is 1.47. The van der Waals surface area contributed by atoms with Crippen molar-refractivity contribution in [2.45, 2.75) is 25.1 Å². The zero-order valence-electron chi connectivity index (χ0n) is 13.2. The van der Waals surface area contributed by atoms with Gasteiger partial charge in [0, 0.05) is 37.7 Å². The third-order valence-electron chi connectivity index (χ3n) is 4.36. The molecule has 1 N–H and O–H groups in total. The average molecular weight is 458 g/mol. The number of likely N-dealkylation sites (tertiary alicyclic amines) is 1. The van der Waals surface area contributed by atoms with E-state index in [1.54, 1.807) is 12.3 Å². The third-order valence-corrected chi connectivity index (χ3v) is 4.36. The molecular weight excluding hydrogens is 441 g/mol. The molecule has 1 aliphatic rings. The number of nitrogens with zero attached hydrogens (tertiary/aromatic N) is 4. The molecule has 0 aliphatic carbocycles. The largest absolute Gasteiger partial charge is 0.392 e. The molecule has 2 unspecified atom stereocenters. The van der Waals surface area contributed by atoms with E-state index in [9.17, 15) is 13.9 Å². The fourth-order valence-electron chi connectivity index (χ4n) is 3.28. The molecule has 3 heterocycles. The van der Waals surface area contributed by atoms with Crippen LogP contribution in [-0.4, -0.2) is 37.0 Å². The zero-order chi connectivity index (χ0) is 16.7. The number of aliphatic hydroxyl groups excluding tert-OH is 1. The summed E-state index contributed by atoms with van der Waals surface area (Å²) < 4.78 is 28.5. The Morgan fingerprint density at radius 2 is 2.08 bits per heavy atom. The molecule has 0 spiro atoms. The quantitative estimate of drug-likeness (QED) is 0.614. The van der Waals surface area contributed by atoms with E-state index >= 15 is 0 Å². The summed E-state index contributed by atoms with van der Waals surface area (Å²) in [7, 11) is 0. The number of aliphatic hydroxyl groups is 1. The van der Waals surface area contributed by atoms with E-state index in [4.69, 9.17) is 0 Å². The minimum atomic E-state index is -0.870. The predicted octanol–water partition coefficient (Wildman–Crippen LogP) is 2.93. The van der Waals surface area contributed by atoms with E-state index in [2.05, 4.69) is 9.97 Å². The Kier molecular flexibility index (Phi) is 5.30. The molecule has 132 valence electrons. The Balaban J connectivity index is 0.00000182. The van der Waals surface area contributed by atoms with Crippen LogP contribution in [-0.2, 0) is 6.54 Å². The van der Waals surface area contributed by atoms with Crippen LogP contribution in [0.2, 0.25) is 0 Å². The molecule has 25 heavy (non-hydrogen) atoms. The highest BCUT2D eigenvalue weighted by Gasteiger charge is 2.32. The smallest absolute Gasteiger partial charge is 0.233 e. The van der Waals surface area contributed by atoms with E-state index in [1.165, 1.54) is 6.07 Å². The van der Waals surface area contributed by atoms with Gasteiger partial charge in [-0.25, -0.2) is 18.7 Å². The number of benzene rings is 1. The lowest BCUT2D eigenvalue weighted by Crippen LogP contribution is -2.24. The molecule has 0 bridgehead atoms. The first-order valence-corrected chi connectivity index (χ1v) is 7.76. The molecule has 1 fully saturated rings. The maximum atomic E-state index is 13.5. The summed E-state index contributed by atoms with van der Waals surface area (Å²) in [6.07, 6.45) is 5.41.